The zero-order valence-corrected chi connectivity index (χ0v) is 17.5. The molecule has 154 valence electrons. The molecule has 0 fully saturated rings. The number of methoxy groups -OCH3 is 2. The minimum atomic E-state index is -0.229. The van der Waals surface area contributed by atoms with Crippen LogP contribution in [0.15, 0.2) is 66.7 Å². The van der Waals surface area contributed by atoms with E-state index in [0.29, 0.717) is 39.8 Å². The summed E-state index contributed by atoms with van der Waals surface area (Å²) in [5.74, 6) is 0.884. The summed E-state index contributed by atoms with van der Waals surface area (Å²) in [6.07, 6.45) is 0.618. The highest BCUT2D eigenvalue weighted by atomic mass is 35.5. The lowest BCUT2D eigenvalue weighted by atomic mass is 10.0. The number of anilines is 1. The summed E-state index contributed by atoms with van der Waals surface area (Å²) in [5, 5.41) is 3.26. The first-order valence-electron chi connectivity index (χ1n) is 9.42. The Morgan fingerprint density at radius 2 is 1.57 bits per heavy atom. The number of nitrogens with one attached hydrogen (secondary N) is 1. The highest BCUT2D eigenvalue weighted by molar-refractivity contribution is 6.31. The van der Waals surface area contributed by atoms with Crippen LogP contribution in [0.1, 0.15) is 27.9 Å². The van der Waals surface area contributed by atoms with Gasteiger partial charge in [-0.15, -0.1) is 0 Å². The van der Waals surface area contributed by atoms with Crippen molar-refractivity contribution in [1.82, 2.24) is 0 Å². The number of hydrogen-bond donors (Lipinski definition) is 1. The smallest absolute Gasteiger partial charge is 0.224 e. The number of ether oxygens (including phenoxy) is 2. The van der Waals surface area contributed by atoms with Crippen molar-refractivity contribution in [3.63, 3.8) is 0 Å². The van der Waals surface area contributed by atoms with Crippen LogP contribution in [-0.4, -0.2) is 25.9 Å². The van der Waals surface area contributed by atoms with E-state index in [4.69, 9.17) is 21.1 Å². The van der Waals surface area contributed by atoms with E-state index in [9.17, 15) is 9.59 Å². The summed E-state index contributed by atoms with van der Waals surface area (Å²) in [6.45, 7) is 0. The van der Waals surface area contributed by atoms with Gasteiger partial charge in [0.1, 0.15) is 11.5 Å². The normalized spacial score (nSPS) is 10.4. The number of benzene rings is 3. The molecule has 1 amide bonds. The highest BCUT2D eigenvalue weighted by Gasteiger charge is 2.17. The summed E-state index contributed by atoms with van der Waals surface area (Å²) in [4.78, 5) is 25.5. The first-order valence-corrected chi connectivity index (χ1v) is 9.80. The van der Waals surface area contributed by atoms with Crippen LogP contribution >= 0.6 is 11.6 Å². The molecule has 0 radical (unpaired) electrons. The van der Waals surface area contributed by atoms with Crippen LogP contribution in [0.25, 0.3) is 0 Å². The second-order valence-corrected chi connectivity index (χ2v) is 7.01. The van der Waals surface area contributed by atoms with E-state index in [1.54, 1.807) is 56.7 Å². The van der Waals surface area contributed by atoms with Crippen LogP contribution in [0.3, 0.4) is 0 Å². The van der Waals surface area contributed by atoms with Crippen molar-refractivity contribution in [3.05, 3.63) is 88.4 Å². The predicted molar refractivity (Wildman–Crippen MR) is 118 cm³/mol. The van der Waals surface area contributed by atoms with E-state index in [1.165, 1.54) is 0 Å². The molecule has 0 atom stereocenters. The number of amides is 1. The van der Waals surface area contributed by atoms with Crippen LogP contribution in [0, 0.1) is 0 Å². The molecule has 3 aromatic carbocycles. The molecular weight excluding hydrogens is 402 g/mol. The van der Waals surface area contributed by atoms with Crippen molar-refractivity contribution in [2.45, 2.75) is 12.8 Å². The second-order valence-electron chi connectivity index (χ2n) is 6.57. The summed E-state index contributed by atoms with van der Waals surface area (Å²) in [6, 6.07) is 19.2. The molecule has 5 nitrogen and oxygen atoms in total. The topological polar surface area (TPSA) is 64.6 Å². The molecule has 6 heteroatoms. The van der Waals surface area contributed by atoms with Gasteiger partial charge in [-0.3, -0.25) is 9.59 Å². The third-order valence-electron chi connectivity index (χ3n) is 4.67. The SMILES string of the molecule is COc1cccc(OC)c1CCC(=O)Nc1ccc(Cl)cc1C(=O)c1ccccc1. The van der Waals surface area contributed by atoms with Gasteiger partial charge in [-0.1, -0.05) is 48.0 Å². The van der Waals surface area contributed by atoms with E-state index >= 15 is 0 Å². The van der Waals surface area contributed by atoms with Gasteiger partial charge in [-0.25, -0.2) is 0 Å². The number of rotatable bonds is 8. The lowest BCUT2D eigenvalue weighted by Gasteiger charge is -2.14. The fourth-order valence-corrected chi connectivity index (χ4v) is 3.36. The molecule has 0 aromatic heterocycles. The Balaban J connectivity index is 1.78. The third-order valence-corrected chi connectivity index (χ3v) is 4.90. The van der Waals surface area contributed by atoms with Gasteiger partial charge in [-0.2, -0.15) is 0 Å². The summed E-state index contributed by atoms with van der Waals surface area (Å²) in [5.41, 5.74) is 2.10. The first kappa shape index (κ1) is 21.4. The van der Waals surface area contributed by atoms with Crippen molar-refractivity contribution in [2.24, 2.45) is 0 Å². The number of carbonyl (C=O) groups is 2. The fraction of sp³-hybridized carbons (Fsp3) is 0.167. The Hall–Kier alpha value is -3.31. The van der Waals surface area contributed by atoms with E-state index in [2.05, 4.69) is 5.32 Å². The van der Waals surface area contributed by atoms with Gasteiger partial charge >= 0.3 is 0 Å². The van der Waals surface area contributed by atoms with Gasteiger partial charge in [-0.05, 0) is 36.8 Å². The third kappa shape index (κ3) is 4.99. The monoisotopic (exact) mass is 423 g/mol. The summed E-state index contributed by atoms with van der Waals surface area (Å²) < 4.78 is 10.8. The molecule has 0 aliphatic heterocycles. The molecule has 0 unspecified atom stereocenters. The first-order chi connectivity index (χ1) is 14.5. The van der Waals surface area contributed by atoms with E-state index in [-0.39, 0.29) is 18.1 Å². The number of halogens is 1. The zero-order valence-electron chi connectivity index (χ0n) is 16.8. The largest absolute Gasteiger partial charge is 0.496 e. The average molecular weight is 424 g/mol. The molecule has 0 spiro atoms. The van der Waals surface area contributed by atoms with Gasteiger partial charge in [0.05, 0.1) is 19.9 Å². The zero-order chi connectivity index (χ0) is 21.5. The molecule has 30 heavy (non-hydrogen) atoms. The Morgan fingerprint density at radius 3 is 2.20 bits per heavy atom. The van der Waals surface area contributed by atoms with Crippen LogP contribution in [0.2, 0.25) is 5.02 Å². The maximum atomic E-state index is 12.9. The molecule has 0 bridgehead atoms. The maximum Gasteiger partial charge on any atom is 0.224 e. The molecular formula is C24H22ClNO4. The minimum absolute atomic E-state index is 0.193. The lowest BCUT2D eigenvalue weighted by Crippen LogP contribution is -2.16. The van der Waals surface area contributed by atoms with Crippen molar-refractivity contribution >= 4 is 29.0 Å². The molecule has 3 aromatic rings. The standard InChI is InChI=1S/C24H22ClNO4/c1-29-21-9-6-10-22(30-2)18(21)12-14-23(27)26-20-13-11-17(25)15-19(20)24(28)16-7-4-3-5-8-16/h3-11,13,15H,12,14H2,1-2H3,(H,26,27). The Morgan fingerprint density at radius 1 is 0.900 bits per heavy atom. The van der Waals surface area contributed by atoms with Crippen molar-refractivity contribution in [3.8, 4) is 11.5 Å². The Kier molecular flexibility index (Phi) is 7.09. The van der Waals surface area contributed by atoms with Crippen molar-refractivity contribution in [1.29, 1.82) is 0 Å². The molecule has 0 saturated carbocycles. The summed E-state index contributed by atoms with van der Waals surface area (Å²) >= 11 is 6.10. The minimum Gasteiger partial charge on any atom is -0.496 e. The molecule has 0 heterocycles. The van der Waals surface area contributed by atoms with E-state index in [1.807, 2.05) is 24.3 Å². The van der Waals surface area contributed by atoms with Gasteiger partial charge in [0.25, 0.3) is 0 Å². The fourth-order valence-electron chi connectivity index (χ4n) is 3.18. The quantitative estimate of drug-likeness (QED) is 0.508. The van der Waals surface area contributed by atoms with Crippen LogP contribution in [0.4, 0.5) is 5.69 Å². The second kappa shape index (κ2) is 9.94. The van der Waals surface area contributed by atoms with E-state index < -0.39 is 0 Å². The predicted octanol–water partition coefficient (Wildman–Crippen LogP) is 5.16. The van der Waals surface area contributed by atoms with Gasteiger partial charge < -0.3 is 14.8 Å². The Bertz CT molecular complexity index is 1030. The highest BCUT2D eigenvalue weighted by Crippen LogP contribution is 2.30. The number of hydrogen-bond acceptors (Lipinski definition) is 4. The number of ketones is 1. The van der Waals surface area contributed by atoms with Gasteiger partial charge in [0.2, 0.25) is 5.91 Å². The number of carbonyl (C=O) groups excluding carboxylic acids is 2. The van der Waals surface area contributed by atoms with Crippen LogP contribution in [0.5, 0.6) is 11.5 Å². The lowest BCUT2D eigenvalue weighted by molar-refractivity contribution is -0.116. The van der Waals surface area contributed by atoms with Gasteiger partial charge in [0.15, 0.2) is 5.78 Å². The average Bonchev–Trinajstić information content (AvgIpc) is 2.78. The van der Waals surface area contributed by atoms with Crippen LogP contribution in [-0.2, 0) is 11.2 Å². The molecule has 0 aliphatic rings. The maximum absolute atomic E-state index is 12.9. The molecule has 0 aliphatic carbocycles. The molecule has 1 N–H and O–H groups in total. The van der Waals surface area contributed by atoms with Gasteiger partial charge in [0, 0.05) is 28.1 Å². The van der Waals surface area contributed by atoms with Crippen LogP contribution < -0.4 is 14.8 Å². The van der Waals surface area contributed by atoms with Crippen molar-refractivity contribution < 1.29 is 19.1 Å². The van der Waals surface area contributed by atoms with E-state index in [0.717, 1.165) is 5.56 Å². The Labute approximate surface area is 180 Å². The summed E-state index contributed by atoms with van der Waals surface area (Å²) in [7, 11) is 3.15. The van der Waals surface area contributed by atoms with Crippen molar-refractivity contribution in [2.75, 3.05) is 19.5 Å². The molecule has 0 saturated heterocycles. The molecule has 3 rings (SSSR count).